The molecule has 0 aliphatic carbocycles. The van der Waals surface area contributed by atoms with Crippen LogP contribution in [0.15, 0.2) is 42.5 Å². The summed E-state index contributed by atoms with van der Waals surface area (Å²) >= 11 is 6.03. The predicted octanol–water partition coefficient (Wildman–Crippen LogP) is 3.08. The van der Waals surface area contributed by atoms with Gasteiger partial charge in [-0.2, -0.15) is 0 Å². The fraction of sp³-hybridized carbons (Fsp3) is 0.250. The number of hydrogen-bond donors (Lipinski definition) is 1. The summed E-state index contributed by atoms with van der Waals surface area (Å²) in [5.41, 5.74) is 0.892. The quantitative estimate of drug-likeness (QED) is 0.591. The third kappa shape index (κ3) is 4.25. The van der Waals surface area contributed by atoms with Crippen LogP contribution in [0.25, 0.3) is 0 Å². The maximum absolute atomic E-state index is 13.1. The van der Waals surface area contributed by atoms with E-state index in [4.69, 9.17) is 11.6 Å². The molecule has 156 valence electrons. The Hall–Kier alpha value is -3.46. The van der Waals surface area contributed by atoms with E-state index in [-0.39, 0.29) is 41.1 Å². The van der Waals surface area contributed by atoms with Gasteiger partial charge in [-0.1, -0.05) is 23.7 Å². The van der Waals surface area contributed by atoms with Gasteiger partial charge in [-0.3, -0.25) is 24.5 Å². The highest BCUT2D eigenvalue weighted by atomic mass is 35.5. The van der Waals surface area contributed by atoms with Gasteiger partial charge in [0, 0.05) is 31.6 Å². The molecule has 10 heteroatoms. The van der Waals surface area contributed by atoms with E-state index in [0.717, 1.165) is 6.07 Å². The fourth-order valence-electron chi connectivity index (χ4n) is 3.32. The fourth-order valence-corrected chi connectivity index (χ4v) is 3.57. The molecule has 1 unspecified atom stereocenters. The van der Waals surface area contributed by atoms with Gasteiger partial charge in [0.15, 0.2) is 0 Å². The average molecular weight is 431 g/mol. The number of para-hydroxylation sites is 2. The molecule has 9 nitrogen and oxygen atoms in total. The Morgan fingerprint density at radius 3 is 2.67 bits per heavy atom. The number of carbonyl (C=O) groups excluding carboxylic acids is 3. The second kappa shape index (κ2) is 8.50. The molecule has 0 saturated carbocycles. The van der Waals surface area contributed by atoms with Crippen molar-refractivity contribution >= 4 is 46.4 Å². The highest BCUT2D eigenvalue weighted by molar-refractivity contribution is 6.34. The lowest BCUT2D eigenvalue weighted by Gasteiger charge is -2.29. The van der Waals surface area contributed by atoms with Crippen LogP contribution in [0, 0.1) is 10.1 Å². The zero-order valence-electron chi connectivity index (χ0n) is 16.3. The molecule has 0 fully saturated rings. The second-order valence-electron chi connectivity index (χ2n) is 6.96. The number of amides is 3. The molecule has 1 atom stereocenters. The molecule has 1 N–H and O–H groups in total. The lowest BCUT2D eigenvalue weighted by molar-refractivity contribution is -0.384. The first-order valence-corrected chi connectivity index (χ1v) is 9.47. The van der Waals surface area contributed by atoms with E-state index in [1.165, 1.54) is 29.0 Å². The molecule has 0 saturated heterocycles. The zero-order chi connectivity index (χ0) is 22.0. The predicted molar refractivity (Wildman–Crippen MR) is 112 cm³/mol. The largest absolute Gasteiger partial charge is 0.332 e. The summed E-state index contributed by atoms with van der Waals surface area (Å²) in [6.45, 7) is 1.49. The Morgan fingerprint density at radius 1 is 1.30 bits per heavy atom. The number of anilines is 2. The van der Waals surface area contributed by atoms with Gasteiger partial charge in [0.25, 0.3) is 11.6 Å². The second-order valence-corrected chi connectivity index (χ2v) is 7.37. The molecule has 0 bridgehead atoms. The number of nitro benzene ring substituents is 1. The molecular weight excluding hydrogens is 412 g/mol. The molecule has 1 aliphatic rings. The van der Waals surface area contributed by atoms with Crippen molar-refractivity contribution in [2.24, 2.45) is 0 Å². The van der Waals surface area contributed by atoms with E-state index in [1.54, 1.807) is 31.2 Å². The molecule has 1 heterocycles. The third-order valence-corrected chi connectivity index (χ3v) is 5.05. The number of nitrogens with one attached hydrogen (secondary N) is 1. The molecular formula is C20H19ClN4O5. The number of fused-ring (bicyclic) bond motifs is 1. The first-order valence-electron chi connectivity index (χ1n) is 9.09. The topological polar surface area (TPSA) is 113 Å². The van der Waals surface area contributed by atoms with Gasteiger partial charge in [0.2, 0.25) is 11.8 Å². The summed E-state index contributed by atoms with van der Waals surface area (Å²) in [4.78, 5) is 50.8. The molecule has 1 aliphatic heterocycles. The Kier molecular flexibility index (Phi) is 6.02. The monoisotopic (exact) mass is 430 g/mol. The number of nitrogens with zero attached hydrogens (tertiary/aromatic N) is 3. The number of carbonyl (C=O) groups is 3. The summed E-state index contributed by atoms with van der Waals surface area (Å²) in [7, 11) is 1.44. The van der Waals surface area contributed by atoms with Crippen LogP contribution in [0.1, 0.15) is 23.7 Å². The zero-order valence-corrected chi connectivity index (χ0v) is 17.0. The van der Waals surface area contributed by atoms with Crippen LogP contribution in [0.4, 0.5) is 17.1 Å². The van der Waals surface area contributed by atoms with E-state index in [0.29, 0.717) is 11.4 Å². The molecule has 3 rings (SSSR count). The summed E-state index contributed by atoms with van der Waals surface area (Å²) in [5.74, 6) is -1.12. The average Bonchev–Trinajstić information content (AvgIpc) is 2.81. The van der Waals surface area contributed by atoms with E-state index in [9.17, 15) is 24.5 Å². The van der Waals surface area contributed by atoms with Gasteiger partial charge in [0.05, 0.1) is 26.9 Å². The molecule has 30 heavy (non-hydrogen) atoms. The Balaban J connectivity index is 1.82. The molecule has 0 spiro atoms. The maximum Gasteiger partial charge on any atom is 0.270 e. The summed E-state index contributed by atoms with van der Waals surface area (Å²) < 4.78 is 0. The van der Waals surface area contributed by atoms with E-state index >= 15 is 0 Å². The normalized spacial score (nSPS) is 15.6. The van der Waals surface area contributed by atoms with Crippen LogP contribution in [0.3, 0.4) is 0 Å². The molecule has 2 aromatic carbocycles. The molecule has 0 aromatic heterocycles. The minimum Gasteiger partial charge on any atom is -0.332 e. The molecule has 2 aromatic rings. The van der Waals surface area contributed by atoms with Crippen LogP contribution >= 0.6 is 11.6 Å². The number of nitro groups is 1. The van der Waals surface area contributed by atoms with Crippen LogP contribution in [0.2, 0.25) is 5.02 Å². The number of likely N-dealkylation sites (N-methyl/N-ethyl adjacent to an activating group) is 1. The van der Waals surface area contributed by atoms with Crippen LogP contribution in [-0.4, -0.2) is 47.2 Å². The van der Waals surface area contributed by atoms with Crippen molar-refractivity contribution in [3.05, 3.63) is 63.2 Å². The standard InChI is InChI=1S/C20H19ClN4O5/c1-12-9-18(26)22-16-5-3-4-6-17(16)24(12)19(27)11-23(2)20(28)14-8-7-13(25(29)30)10-15(14)21/h3-8,10,12H,9,11H2,1-2H3,(H,22,26). The number of non-ortho nitro benzene ring substituents is 1. The van der Waals surface area contributed by atoms with Crippen molar-refractivity contribution in [1.29, 1.82) is 0 Å². The van der Waals surface area contributed by atoms with Crippen molar-refractivity contribution < 1.29 is 19.3 Å². The van der Waals surface area contributed by atoms with Gasteiger partial charge in [-0.25, -0.2) is 0 Å². The number of halogens is 1. The van der Waals surface area contributed by atoms with Crippen molar-refractivity contribution in [1.82, 2.24) is 4.90 Å². The summed E-state index contributed by atoms with van der Waals surface area (Å²) in [6.07, 6.45) is 0.117. The number of rotatable bonds is 4. The first-order chi connectivity index (χ1) is 14.2. The minimum atomic E-state index is -0.610. The van der Waals surface area contributed by atoms with Crippen LogP contribution in [0.5, 0.6) is 0 Å². The van der Waals surface area contributed by atoms with Crippen molar-refractivity contribution in [2.75, 3.05) is 23.8 Å². The highest BCUT2D eigenvalue weighted by Crippen LogP contribution is 2.31. The number of benzene rings is 2. The van der Waals surface area contributed by atoms with Crippen LogP contribution < -0.4 is 10.2 Å². The molecule has 0 radical (unpaired) electrons. The smallest absolute Gasteiger partial charge is 0.270 e. The van der Waals surface area contributed by atoms with Gasteiger partial charge in [-0.15, -0.1) is 0 Å². The van der Waals surface area contributed by atoms with Crippen LogP contribution in [-0.2, 0) is 9.59 Å². The summed E-state index contributed by atoms with van der Waals surface area (Å²) in [5, 5.41) is 13.5. The van der Waals surface area contributed by atoms with E-state index < -0.39 is 16.9 Å². The van der Waals surface area contributed by atoms with Crippen molar-refractivity contribution in [3.63, 3.8) is 0 Å². The van der Waals surface area contributed by atoms with Gasteiger partial charge >= 0.3 is 0 Å². The Morgan fingerprint density at radius 2 is 2.00 bits per heavy atom. The van der Waals surface area contributed by atoms with E-state index in [1.807, 2.05) is 0 Å². The van der Waals surface area contributed by atoms with E-state index in [2.05, 4.69) is 5.32 Å². The van der Waals surface area contributed by atoms with Crippen molar-refractivity contribution in [2.45, 2.75) is 19.4 Å². The van der Waals surface area contributed by atoms with Gasteiger partial charge in [0.1, 0.15) is 6.54 Å². The third-order valence-electron chi connectivity index (χ3n) is 4.74. The minimum absolute atomic E-state index is 0.0544. The van der Waals surface area contributed by atoms with Gasteiger partial charge in [-0.05, 0) is 25.1 Å². The summed E-state index contributed by atoms with van der Waals surface area (Å²) in [6, 6.07) is 10.1. The lowest BCUT2D eigenvalue weighted by Crippen LogP contribution is -2.45. The Labute approximate surface area is 177 Å². The maximum atomic E-state index is 13.1. The van der Waals surface area contributed by atoms with Gasteiger partial charge < -0.3 is 15.1 Å². The first kappa shape index (κ1) is 21.3. The van der Waals surface area contributed by atoms with Crippen molar-refractivity contribution in [3.8, 4) is 0 Å². The Bertz CT molecular complexity index is 1040. The highest BCUT2D eigenvalue weighted by Gasteiger charge is 2.31. The molecule has 3 amide bonds. The lowest BCUT2D eigenvalue weighted by atomic mass is 10.1. The SMILES string of the molecule is CC1CC(=O)Nc2ccccc2N1C(=O)CN(C)C(=O)c1ccc([N+](=O)[O-])cc1Cl. The number of hydrogen-bond acceptors (Lipinski definition) is 5.